The van der Waals surface area contributed by atoms with Crippen molar-refractivity contribution < 1.29 is 4.79 Å². The van der Waals surface area contributed by atoms with Gasteiger partial charge in [0, 0.05) is 11.1 Å². The Balaban J connectivity index is 2.33. The van der Waals surface area contributed by atoms with Crippen molar-refractivity contribution in [1.29, 1.82) is 5.26 Å². The minimum absolute atomic E-state index is 0.0905. The maximum Gasteiger partial charge on any atom is 0.237 e. The average molecular weight is 302 g/mol. The lowest BCUT2D eigenvalue weighted by atomic mass is 9.57. The van der Waals surface area contributed by atoms with E-state index in [1.807, 2.05) is 61.5 Å². The summed E-state index contributed by atoms with van der Waals surface area (Å²) in [6, 6.07) is 19.6. The van der Waals surface area contributed by atoms with Gasteiger partial charge in [-0.2, -0.15) is 5.26 Å². The molecule has 0 aliphatic carbocycles. The molecule has 2 aromatic carbocycles. The molecule has 0 bridgehead atoms. The van der Waals surface area contributed by atoms with Crippen LogP contribution in [0.25, 0.3) is 0 Å². The summed E-state index contributed by atoms with van der Waals surface area (Å²) in [6.45, 7) is 5.98. The number of hydrogen-bond donors (Lipinski definition) is 1. The minimum Gasteiger partial charge on any atom is -0.325 e. The normalized spacial score (nSPS) is 21.7. The smallest absolute Gasteiger partial charge is 0.237 e. The van der Waals surface area contributed by atoms with Gasteiger partial charge in [-0.3, -0.25) is 4.79 Å². The molecule has 1 amide bonds. The van der Waals surface area contributed by atoms with Gasteiger partial charge in [-0.05, 0) is 17.2 Å². The number of benzene rings is 2. The molecule has 0 aromatic heterocycles. The average Bonchev–Trinajstić information content (AvgIpc) is 2.88. The predicted octanol–water partition coefficient (Wildman–Crippen LogP) is 3.93. The molecule has 1 aliphatic rings. The fraction of sp³-hybridized carbons (Fsp3) is 0.200. The summed E-state index contributed by atoms with van der Waals surface area (Å²) >= 11 is 0. The van der Waals surface area contributed by atoms with Crippen molar-refractivity contribution in [3.63, 3.8) is 0 Å². The lowest BCUT2D eigenvalue weighted by Crippen LogP contribution is -2.50. The van der Waals surface area contributed by atoms with Crippen molar-refractivity contribution in [2.24, 2.45) is 0 Å². The number of hydrogen-bond acceptors (Lipinski definition) is 2. The third-order valence-electron chi connectivity index (χ3n) is 5.04. The molecule has 0 saturated heterocycles. The van der Waals surface area contributed by atoms with Gasteiger partial charge < -0.3 is 5.32 Å². The zero-order valence-electron chi connectivity index (χ0n) is 13.0. The molecule has 2 atom stereocenters. The molecular formula is C20H18N2O. The van der Waals surface area contributed by atoms with E-state index in [-0.39, 0.29) is 12.3 Å². The lowest BCUT2D eigenvalue weighted by molar-refractivity contribution is -0.122. The molecule has 114 valence electrons. The zero-order chi connectivity index (χ0) is 16.5. The number of rotatable bonds is 4. The van der Waals surface area contributed by atoms with Crippen molar-refractivity contribution in [2.45, 2.75) is 24.2 Å². The van der Waals surface area contributed by atoms with E-state index in [9.17, 15) is 10.1 Å². The molecule has 2 aromatic rings. The molecule has 1 heterocycles. The molecule has 3 nitrogen and oxygen atoms in total. The summed E-state index contributed by atoms with van der Waals surface area (Å²) in [5.74, 6) is -0.147. The Kier molecular flexibility index (Phi) is 3.54. The van der Waals surface area contributed by atoms with Gasteiger partial charge in [0.25, 0.3) is 0 Å². The van der Waals surface area contributed by atoms with E-state index in [4.69, 9.17) is 0 Å². The molecule has 23 heavy (non-hydrogen) atoms. The maximum absolute atomic E-state index is 13.0. The Morgan fingerprint density at radius 3 is 2.52 bits per heavy atom. The van der Waals surface area contributed by atoms with Gasteiger partial charge in [0.15, 0.2) is 0 Å². The number of para-hydroxylation sites is 1. The highest BCUT2D eigenvalue weighted by Gasteiger charge is 2.58. The molecule has 1 N–H and O–H groups in total. The monoisotopic (exact) mass is 302 g/mol. The third-order valence-corrected chi connectivity index (χ3v) is 5.04. The first-order valence-corrected chi connectivity index (χ1v) is 7.57. The Bertz CT molecular complexity index is 806. The second-order valence-electron chi connectivity index (χ2n) is 6.01. The number of carbonyl (C=O) groups is 1. The van der Waals surface area contributed by atoms with Crippen LogP contribution in [-0.4, -0.2) is 5.91 Å². The van der Waals surface area contributed by atoms with Crippen LogP contribution in [-0.2, 0) is 15.6 Å². The number of allylic oxidation sites excluding steroid dienone is 1. The van der Waals surface area contributed by atoms with Crippen LogP contribution in [0.3, 0.4) is 0 Å². The van der Waals surface area contributed by atoms with Crippen LogP contribution in [0, 0.1) is 11.3 Å². The van der Waals surface area contributed by atoms with Gasteiger partial charge in [0.05, 0.1) is 12.5 Å². The van der Waals surface area contributed by atoms with Crippen LogP contribution >= 0.6 is 0 Å². The van der Waals surface area contributed by atoms with Gasteiger partial charge in [0.2, 0.25) is 5.91 Å². The number of anilines is 1. The quantitative estimate of drug-likeness (QED) is 0.870. The van der Waals surface area contributed by atoms with Crippen LogP contribution in [0.5, 0.6) is 0 Å². The molecule has 3 heteroatoms. The summed E-state index contributed by atoms with van der Waals surface area (Å²) < 4.78 is 0. The van der Waals surface area contributed by atoms with Crippen LogP contribution in [0.15, 0.2) is 67.3 Å². The van der Waals surface area contributed by atoms with E-state index in [2.05, 4.69) is 18.0 Å². The topological polar surface area (TPSA) is 52.9 Å². The van der Waals surface area contributed by atoms with E-state index in [1.54, 1.807) is 6.08 Å². The first-order valence-electron chi connectivity index (χ1n) is 7.57. The van der Waals surface area contributed by atoms with Crippen LogP contribution in [0.4, 0.5) is 5.69 Å². The standard InChI is InChI=1S/C20H18N2O/c1-3-19(2,15-9-5-4-6-10-15)20(13-14-21)16-11-7-8-12-17(16)22-18(20)23/h3-12H,1,13H2,2H3,(H,22,23)/t19-,20-/m1/s1. The van der Waals surface area contributed by atoms with Crippen molar-refractivity contribution in [3.8, 4) is 6.07 Å². The minimum atomic E-state index is -0.985. The first kappa shape index (κ1) is 15.1. The van der Waals surface area contributed by atoms with Crippen molar-refractivity contribution in [2.75, 3.05) is 5.32 Å². The summed E-state index contributed by atoms with van der Waals surface area (Å²) in [5, 5.41) is 12.4. The SMILES string of the molecule is C=C[C@](C)(c1ccccc1)[C@@]1(CC#N)C(=O)Nc2ccccc21. The summed E-state index contributed by atoms with van der Waals surface area (Å²) in [7, 11) is 0. The van der Waals surface area contributed by atoms with E-state index in [1.165, 1.54) is 0 Å². The molecule has 0 radical (unpaired) electrons. The third kappa shape index (κ3) is 1.92. The lowest BCUT2D eigenvalue weighted by Gasteiger charge is -2.42. The fourth-order valence-corrected chi connectivity index (χ4v) is 3.63. The summed E-state index contributed by atoms with van der Waals surface area (Å²) in [6.07, 6.45) is 1.88. The Morgan fingerprint density at radius 2 is 1.87 bits per heavy atom. The number of amides is 1. The van der Waals surface area contributed by atoms with Gasteiger partial charge in [-0.15, -0.1) is 6.58 Å². The molecule has 3 rings (SSSR count). The Morgan fingerprint density at radius 1 is 1.22 bits per heavy atom. The Labute approximate surface area is 136 Å². The van der Waals surface area contributed by atoms with Crippen molar-refractivity contribution in [3.05, 3.63) is 78.4 Å². The van der Waals surface area contributed by atoms with Crippen LogP contribution in [0.1, 0.15) is 24.5 Å². The van der Waals surface area contributed by atoms with E-state index in [0.29, 0.717) is 0 Å². The van der Waals surface area contributed by atoms with Gasteiger partial charge >= 0.3 is 0 Å². The molecule has 0 spiro atoms. The predicted molar refractivity (Wildman–Crippen MR) is 91.0 cm³/mol. The van der Waals surface area contributed by atoms with E-state index < -0.39 is 10.8 Å². The van der Waals surface area contributed by atoms with Gasteiger partial charge in [-0.1, -0.05) is 61.5 Å². The summed E-state index contributed by atoms with van der Waals surface area (Å²) in [4.78, 5) is 13.0. The second kappa shape index (κ2) is 5.40. The highest BCUT2D eigenvalue weighted by molar-refractivity contribution is 6.08. The number of fused-ring (bicyclic) bond motifs is 1. The second-order valence-corrected chi connectivity index (χ2v) is 6.01. The Hall–Kier alpha value is -2.86. The van der Waals surface area contributed by atoms with Crippen molar-refractivity contribution in [1.82, 2.24) is 0 Å². The van der Waals surface area contributed by atoms with Crippen LogP contribution < -0.4 is 5.32 Å². The number of nitrogens with one attached hydrogen (secondary N) is 1. The van der Waals surface area contributed by atoms with Gasteiger partial charge in [0.1, 0.15) is 5.41 Å². The highest BCUT2D eigenvalue weighted by Crippen LogP contribution is 2.53. The zero-order valence-corrected chi connectivity index (χ0v) is 13.0. The molecule has 0 fully saturated rings. The maximum atomic E-state index is 13.0. The molecular weight excluding hydrogens is 284 g/mol. The largest absolute Gasteiger partial charge is 0.325 e. The molecule has 1 aliphatic heterocycles. The van der Waals surface area contributed by atoms with Crippen LogP contribution in [0.2, 0.25) is 0 Å². The van der Waals surface area contributed by atoms with E-state index >= 15 is 0 Å². The number of nitrogens with zero attached hydrogens (tertiary/aromatic N) is 1. The number of carbonyl (C=O) groups excluding carboxylic acids is 1. The first-order chi connectivity index (χ1) is 11.1. The highest BCUT2D eigenvalue weighted by atomic mass is 16.2. The van der Waals surface area contributed by atoms with Gasteiger partial charge in [-0.25, -0.2) is 0 Å². The van der Waals surface area contributed by atoms with Crippen molar-refractivity contribution >= 4 is 11.6 Å². The molecule has 0 saturated carbocycles. The summed E-state index contributed by atoms with van der Waals surface area (Å²) in [5.41, 5.74) is 0.925. The fourth-order valence-electron chi connectivity index (χ4n) is 3.63. The molecule has 0 unspecified atom stereocenters. The van der Waals surface area contributed by atoms with E-state index in [0.717, 1.165) is 16.8 Å². The number of nitriles is 1.